The summed E-state index contributed by atoms with van der Waals surface area (Å²) in [5.74, 6) is 0.112. The van der Waals surface area contributed by atoms with Crippen molar-refractivity contribution in [1.29, 1.82) is 0 Å². The van der Waals surface area contributed by atoms with Gasteiger partial charge in [0.1, 0.15) is 0 Å². The summed E-state index contributed by atoms with van der Waals surface area (Å²) in [5.41, 5.74) is 1.82. The van der Waals surface area contributed by atoms with Crippen LogP contribution in [-0.2, 0) is 13.1 Å². The van der Waals surface area contributed by atoms with Gasteiger partial charge in [-0.1, -0.05) is 6.92 Å². The highest BCUT2D eigenvalue weighted by Crippen LogP contribution is 2.17. The summed E-state index contributed by atoms with van der Waals surface area (Å²) in [6.07, 6.45) is 3.37. The molecule has 1 aromatic rings. The largest absolute Gasteiger partial charge is 0.337 e. The first kappa shape index (κ1) is 12.7. The lowest BCUT2D eigenvalue weighted by Crippen LogP contribution is -2.28. The Hall–Kier alpha value is -1.36. The predicted molar refractivity (Wildman–Crippen MR) is 72.9 cm³/mol. The van der Waals surface area contributed by atoms with E-state index in [1.54, 1.807) is 0 Å². The van der Waals surface area contributed by atoms with Gasteiger partial charge in [0.05, 0.1) is 5.69 Å². The van der Waals surface area contributed by atoms with Crippen LogP contribution in [0.15, 0.2) is 6.07 Å². The van der Waals surface area contributed by atoms with Gasteiger partial charge in [-0.15, -0.1) is 0 Å². The number of rotatable bonds is 2. The minimum absolute atomic E-state index is 0.112. The van der Waals surface area contributed by atoms with E-state index in [1.165, 1.54) is 5.69 Å². The second kappa shape index (κ2) is 5.33. The molecule has 0 aromatic carbocycles. The van der Waals surface area contributed by atoms with Crippen LogP contribution < -0.4 is 0 Å². The van der Waals surface area contributed by atoms with Crippen molar-refractivity contribution in [2.24, 2.45) is 0 Å². The molecule has 0 bridgehead atoms. The molecule has 5 heteroatoms. The van der Waals surface area contributed by atoms with Crippen molar-refractivity contribution in [3.8, 4) is 0 Å². The molecular formula is C14H22N4O. The molecule has 0 radical (unpaired) electrons. The number of aromatic nitrogens is 2. The third kappa shape index (κ3) is 2.52. The van der Waals surface area contributed by atoms with Crippen molar-refractivity contribution in [1.82, 2.24) is 19.6 Å². The number of carbonyl (C=O) groups excluding carboxylic acids is 1. The summed E-state index contributed by atoms with van der Waals surface area (Å²) in [6.45, 7) is 7.98. The molecule has 2 aliphatic heterocycles. The molecule has 5 nitrogen and oxygen atoms in total. The first-order valence-electron chi connectivity index (χ1n) is 7.36. The molecule has 1 aromatic heterocycles. The van der Waals surface area contributed by atoms with E-state index in [2.05, 4.69) is 16.9 Å². The molecule has 1 amide bonds. The van der Waals surface area contributed by atoms with E-state index < -0.39 is 0 Å². The number of aryl methyl sites for hydroxylation is 1. The van der Waals surface area contributed by atoms with Gasteiger partial charge in [0.2, 0.25) is 0 Å². The lowest BCUT2D eigenvalue weighted by molar-refractivity contribution is 0.0786. The maximum atomic E-state index is 12.3. The standard InChI is InChI=1S/C14H22N4O/c1-2-16-6-5-9-18-12(11-16)10-13(15-18)14(19)17-7-3-4-8-17/h10H,2-9,11H2,1H3. The van der Waals surface area contributed by atoms with Gasteiger partial charge in [0.25, 0.3) is 5.91 Å². The fraction of sp³-hybridized carbons (Fsp3) is 0.714. The lowest BCUT2D eigenvalue weighted by atomic mass is 10.3. The highest BCUT2D eigenvalue weighted by atomic mass is 16.2. The topological polar surface area (TPSA) is 41.4 Å². The van der Waals surface area contributed by atoms with Gasteiger partial charge in [0, 0.05) is 32.7 Å². The quantitative estimate of drug-likeness (QED) is 0.808. The zero-order valence-electron chi connectivity index (χ0n) is 11.6. The van der Waals surface area contributed by atoms with Crippen LogP contribution in [0.5, 0.6) is 0 Å². The zero-order valence-corrected chi connectivity index (χ0v) is 11.6. The molecule has 0 spiro atoms. The molecule has 2 aliphatic rings. The fourth-order valence-corrected chi connectivity index (χ4v) is 2.99. The molecular weight excluding hydrogens is 240 g/mol. The van der Waals surface area contributed by atoms with Crippen LogP contribution in [0.4, 0.5) is 0 Å². The zero-order chi connectivity index (χ0) is 13.2. The van der Waals surface area contributed by atoms with E-state index in [0.717, 1.165) is 58.5 Å². The molecule has 1 saturated heterocycles. The van der Waals surface area contributed by atoms with Gasteiger partial charge < -0.3 is 4.90 Å². The smallest absolute Gasteiger partial charge is 0.274 e. The van der Waals surface area contributed by atoms with Crippen LogP contribution in [0.1, 0.15) is 42.4 Å². The number of nitrogens with zero attached hydrogens (tertiary/aromatic N) is 4. The normalized spacial score (nSPS) is 20.4. The van der Waals surface area contributed by atoms with E-state index >= 15 is 0 Å². The SMILES string of the molecule is CCN1CCCn2nc(C(=O)N3CCCC3)cc2C1. The van der Waals surface area contributed by atoms with Gasteiger partial charge in [-0.25, -0.2) is 0 Å². The number of hydrogen-bond acceptors (Lipinski definition) is 3. The highest BCUT2D eigenvalue weighted by Gasteiger charge is 2.24. The second-order valence-electron chi connectivity index (χ2n) is 5.47. The average molecular weight is 262 g/mol. The molecule has 104 valence electrons. The van der Waals surface area contributed by atoms with Crippen molar-refractivity contribution >= 4 is 5.91 Å². The van der Waals surface area contributed by atoms with Crippen LogP contribution in [0.2, 0.25) is 0 Å². The molecule has 3 heterocycles. The lowest BCUT2D eigenvalue weighted by Gasteiger charge is -2.16. The van der Waals surface area contributed by atoms with Crippen molar-refractivity contribution < 1.29 is 4.79 Å². The third-order valence-corrected chi connectivity index (χ3v) is 4.15. The Morgan fingerprint density at radius 2 is 2.00 bits per heavy atom. The Bertz CT molecular complexity index is 462. The summed E-state index contributed by atoms with van der Waals surface area (Å²) in [7, 11) is 0. The predicted octanol–water partition coefficient (Wildman–Crippen LogP) is 1.34. The van der Waals surface area contributed by atoms with Gasteiger partial charge in [-0.05, 0) is 31.9 Å². The Morgan fingerprint density at radius 3 is 2.74 bits per heavy atom. The molecule has 1 fully saturated rings. The minimum atomic E-state index is 0.112. The summed E-state index contributed by atoms with van der Waals surface area (Å²) < 4.78 is 2.03. The summed E-state index contributed by atoms with van der Waals surface area (Å²) in [6, 6.07) is 1.99. The van der Waals surface area contributed by atoms with E-state index in [9.17, 15) is 4.79 Å². The molecule has 0 atom stereocenters. The summed E-state index contributed by atoms with van der Waals surface area (Å²) >= 11 is 0. The Balaban J connectivity index is 1.79. The fourth-order valence-electron chi connectivity index (χ4n) is 2.99. The van der Waals surface area contributed by atoms with Crippen molar-refractivity contribution in [3.05, 3.63) is 17.5 Å². The maximum Gasteiger partial charge on any atom is 0.274 e. The third-order valence-electron chi connectivity index (χ3n) is 4.15. The summed E-state index contributed by atoms with van der Waals surface area (Å²) in [5, 5.41) is 4.52. The molecule has 19 heavy (non-hydrogen) atoms. The number of likely N-dealkylation sites (tertiary alicyclic amines) is 1. The number of amides is 1. The van der Waals surface area contributed by atoms with E-state index in [0.29, 0.717) is 5.69 Å². The first-order valence-corrected chi connectivity index (χ1v) is 7.36. The van der Waals surface area contributed by atoms with Crippen LogP contribution in [-0.4, -0.2) is 51.7 Å². The molecule has 0 N–H and O–H groups in total. The summed E-state index contributed by atoms with van der Waals surface area (Å²) in [4.78, 5) is 16.7. The first-order chi connectivity index (χ1) is 9.28. The average Bonchev–Trinajstić information content (AvgIpc) is 3.04. The molecule has 0 aliphatic carbocycles. The van der Waals surface area contributed by atoms with Crippen LogP contribution >= 0.6 is 0 Å². The van der Waals surface area contributed by atoms with Crippen LogP contribution in [0.3, 0.4) is 0 Å². The van der Waals surface area contributed by atoms with Crippen molar-refractivity contribution in [2.75, 3.05) is 26.2 Å². The second-order valence-corrected chi connectivity index (χ2v) is 5.47. The minimum Gasteiger partial charge on any atom is -0.337 e. The van der Waals surface area contributed by atoms with E-state index in [4.69, 9.17) is 0 Å². The number of hydrogen-bond donors (Lipinski definition) is 0. The monoisotopic (exact) mass is 262 g/mol. The van der Waals surface area contributed by atoms with E-state index in [-0.39, 0.29) is 5.91 Å². The molecule has 0 unspecified atom stereocenters. The Morgan fingerprint density at radius 1 is 1.21 bits per heavy atom. The number of carbonyl (C=O) groups is 1. The van der Waals surface area contributed by atoms with Gasteiger partial charge >= 0.3 is 0 Å². The van der Waals surface area contributed by atoms with Gasteiger partial charge in [-0.3, -0.25) is 14.4 Å². The van der Waals surface area contributed by atoms with Gasteiger partial charge in [-0.2, -0.15) is 5.10 Å². The maximum absolute atomic E-state index is 12.3. The van der Waals surface area contributed by atoms with Crippen molar-refractivity contribution in [3.63, 3.8) is 0 Å². The molecule has 0 saturated carbocycles. The van der Waals surface area contributed by atoms with Crippen LogP contribution in [0.25, 0.3) is 0 Å². The van der Waals surface area contributed by atoms with E-state index in [1.807, 2.05) is 15.6 Å². The number of fused-ring (bicyclic) bond motifs is 1. The molecule has 3 rings (SSSR count). The Labute approximate surface area is 114 Å². The highest BCUT2D eigenvalue weighted by molar-refractivity contribution is 5.92. The Kier molecular flexibility index (Phi) is 3.55. The van der Waals surface area contributed by atoms with Crippen molar-refractivity contribution in [2.45, 2.75) is 39.3 Å². The van der Waals surface area contributed by atoms with Crippen LogP contribution in [0, 0.1) is 0 Å². The van der Waals surface area contributed by atoms with Gasteiger partial charge in [0.15, 0.2) is 5.69 Å².